The highest BCUT2D eigenvalue weighted by Crippen LogP contribution is 2.32. The zero-order valence-electron chi connectivity index (χ0n) is 18.3. The van der Waals surface area contributed by atoms with Crippen LogP contribution in [0.3, 0.4) is 0 Å². The Balaban J connectivity index is 1.31. The van der Waals surface area contributed by atoms with E-state index in [2.05, 4.69) is 81.3 Å². The van der Waals surface area contributed by atoms with E-state index in [0.717, 1.165) is 47.4 Å². The smallest absolute Gasteiger partial charge is 0.148 e. The Morgan fingerprint density at radius 1 is 0.818 bits per heavy atom. The normalized spacial score (nSPS) is 12.0. The largest absolute Gasteiger partial charge is 0.487 e. The third-order valence-electron chi connectivity index (χ3n) is 5.80. The van der Waals surface area contributed by atoms with Crippen molar-refractivity contribution >= 4 is 10.9 Å². The minimum Gasteiger partial charge on any atom is -0.487 e. The van der Waals surface area contributed by atoms with Crippen molar-refractivity contribution in [3.8, 4) is 5.75 Å². The number of fused-ring (bicyclic) bond motifs is 1. The average Bonchev–Trinajstić information content (AvgIpc) is 3.40. The van der Waals surface area contributed by atoms with Crippen LogP contribution in [0.5, 0.6) is 5.75 Å². The molecule has 0 aliphatic rings. The predicted octanol–water partition coefficient (Wildman–Crippen LogP) is 5.48. The molecule has 2 aromatic heterocycles. The van der Waals surface area contributed by atoms with Crippen molar-refractivity contribution in [1.29, 1.82) is 0 Å². The van der Waals surface area contributed by atoms with Crippen molar-refractivity contribution in [2.24, 2.45) is 0 Å². The van der Waals surface area contributed by atoms with Gasteiger partial charge in [-0.25, -0.2) is 10.1 Å². The molecule has 0 bridgehead atoms. The van der Waals surface area contributed by atoms with E-state index in [-0.39, 0.29) is 5.92 Å². The van der Waals surface area contributed by atoms with E-state index in [9.17, 15) is 0 Å². The maximum Gasteiger partial charge on any atom is 0.148 e. The first kappa shape index (κ1) is 20.8. The molecule has 0 aliphatic heterocycles. The van der Waals surface area contributed by atoms with Gasteiger partial charge in [0.05, 0.1) is 11.2 Å². The van der Waals surface area contributed by atoms with Crippen LogP contribution in [-0.2, 0) is 13.0 Å². The minimum absolute atomic E-state index is 0.268. The second-order valence-electron chi connectivity index (χ2n) is 8.06. The highest BCUT2D eigenvalue weighted by Gasteiger charge is 2.15. The molecule has 0 saturated heterocycles. The van der Waals surface area contributed by atoms with Crippen LogP contribution in [-0.4, -0.2) is 25.6 Å². The molecule has 1 atom stereocenters. The summed E-state index contributed by atoms with van der Waals surface area (Å²) in [6, 6.07) is 31.2. The molecule has 33 heavy (non-hydrogen) atoms. The van der Waals surface area contributed by atoms with Crippen LogP contribution in [0.25, 0.3) is 10.9 Å². The standard InChI is InChI=1S/C27H25N5O/c1-2-8-20(9-3-1)25(13-7-15-27-29-31-32-30-27)22-11-6-12-24(18-22)33-19-23-17-16-21-10-4-5-14-26(21)28-23/h1-6,8-12,14,16-18,25H,7,13,15,19H2,(H,29,30,31,32). The number of para-hydroxylation sites is 1. The molecule has 164 valence electrons. The van der Waals surface area contributed by atoms with Crippen molar-refractivity contribution in [1.82, 2.24) is 25.6 Å². The van der Waals surface area contributed by atoms with Crippen molar-refractivity contribution in [3.63, 3.8) is 0 Å². The topological polar surface area (TPSA) is 76.6 Å². The summed E-state index contributed by atoms with van der Waals surface area (Å²) in [5.74, 6) is 1.94. The molecule has 3 aromatic carbocycles. The Labute approximate surface area is 192 Å². The molecule has 5 aromatic rings. The second-order valence-corrected chi connectivity index (χ2v) is 8.06. The van der Waals surface area contributed by atoms with Crippen LogP contribution in [0.4, 0.5) is 0 Å². The molecule has 1 unspecified atom stereocenters. The lowest BCUT2D eigenvalue weighted by molar-refractivity contribution is 0.301. The number of aromatic amines is 1. The van der Waals surface area contributed by atoms with Gasteiger partial charge in [0, 0.05) is 17.7 Å². The number of H-pyrrole nitrogens is 1. The molecule has 1 N–H and O–H groups in total. The van der Waals surface area contributed by atoms with Crippen molar-refractivity contribution in [2.75, 3.05) is 0 Å². The van der Waals surface area contributed by atoms with Gasteiger partial charge in [-0.1, -0.05) is 66.7 Å². The number of aromatic nitrogens is 5. The zero-order valence-corrected chi connectivity index (χ0v) is 18.3. The summed E-state index contributed by atoms with van der Waals surface area (Å²) >= 11 is 0. The summed E-state index contributed by atoms with van der Waals surface area (Å²) in [7, 11) is 0. The van der Waals surface area contributed by atoms with E-state index in [0.29, 0.717) is 6.61 Å². The molecular formula is C27H25N5O. The molecule has 0 aliphatic carbocycles. The minimum atomic E-state index is 0.268. The molecule has 0 fully saturated rings. The van der Waals surface area contributed by atoms with E-state index in [1.165, 1.54) is 11.1 Å². The second kappa shape index (κ2) is 10.0. The van der Waals surface area contributed by atoms with Gasteiger partial charge in [0.1, 0.15) is 18.2 Å². The first-order valence-electron chi connectivity index (χ1n) is 11.2. The molecule has 0 radical (unpaired) electrons. The van der Waals surface area contributed by atoms with E-state index in [1.807, 2.05) is 30.3 Å². The Morgan fingerprint density at radius 2 is 1.67 bits per heavy atom. The average molecular weight is 436 g/mol. The molecule has 0 amide bonds. The van der Waals surface area contributed by atoms with E-state index < -0.39 is 0 Å². The predicted molar refractivity (Wildman–Crippen MR) is 128 cm³/mol. The third kappa shape index (κ3) is 5.23. The lowest BCUT2D eigenvalue weighted by Crippen LogP contribution is -2.04. The number of rotatable bonds is 9. The molecule has 2 heterocycles. The number of hydrogen-bond donors (Lipinski definition) is 1. The molecule has 6 nitrogen and oxygen atoms in total. The van der Waals surface area contributed by atoms with E-state index >= 15 is 0 Å². The molecular weight excluding hydrogens is 410 g/mol. The van der Waals surface area contributed by atoms with Crippen LogP contribution in [0.2, 0.25) is 0 Å². The maximum atomic E-state index is 6.14. The summed E-state index contributed by atoms with van der Waals surface area (Å²) in [4.78, 5) is 4.72. The van der Waals surface area contributed by atoms with Gasteiger partial charge in [0.15, 0.2) is 0 Å². The molecule has 6 heteroatoms. The summed E-state index contributed by atoms with van der Waals surface area (Å²) in [5, 5.41) is 15.3. The first-order valence-corrected chi connectivity index (χ1v) is 11.2. The first-order chi connectivity index (χ1) is 16.3. The fourth-order valence-electron chi connectivity index (χ4n) is 4.14. The van der Waals surface area contributed by atoms with Gasteiger partial charge in [-0.2, -0.15) is 0 Å². The van der Waals surface area contributed by atoms with Gasteiger partial charge in [-0.15, -0.1) is 5.10 Å². The van der Waals surface area contributed by atoms with Crippen molar-refractivity contribution < 1.29 is 4.74 Å². The number of tetrazole rings is 1. The Hall–Kier alpha value is -4.06. The summed E-state index contributed by atoms with van der Waals surface area (Å²) < 4.78 is 6.14. The van der Waals surface area contributed by atoms with E-state index in [4.69, 9.17) is 9.72 Å². The fourth-order valence-corrected chi connectivity index (χ4v) is 4.14. The van der Waals surface area contributed by atoms with Crippen molar-refractivity contribution in [3.05, 3.63) is 114 Å². The number of benzene rings is 3. The van der Waals surface area contributed by atoms with Gasteiger partial charge in [0.2, 0.25) is 0 Å². The monoisotopic (exact) mass is 435 g/mol. The highest BCUT2D eigenvalue weighted by atomic mass is 16.5. The van der Waals surface area contributed by atoms with Gasteiger partial charge in [-0.3, -0.25) is 0 Å². The maximum absolute atomic E-state index is 6.14. The SMILES string of the molecule is c1ccc(C(CCCc2nnn[nH]2)c2cccc(OCc3ccc4ccccc4n3)c2)cc1. The lowest BCUT2D eigenvalue weighted by Gasteiger charge is -2.19. The fraction of sp³-hybridized carbons (Fsp3) is 0.185. The molecule has 5 rings (SSSR count). The lowest BCUT2D eigenvalue weighted by atomic mass is 9.87. The van der Waals surface area contributed by atoms with Crippen LogP contribution in [0.1, 0.15) is 41.4 Å². The molecule has 0 spiro atoms. The number of ether oxygens (including phenoxy) is 1. The number of aryl methyl sites for hydroxylation is 1. The molecule has 0 saturated carbocycles. The third-order valence-corrected chi connectivity index (χ3v) is 5.80. The van der Waals surface area contributed by atoms with Crippen LogP contribution in [0.15, 0.2) is 91.0 Å². The van der Waals surface area contributed by atoms with Gasteiger partial charge in [-0.05, 0) is 58.7 Å². The highest BCUT2D eigenvalue weighted by molar-refractivity contribution is 5.78. The Morgan fingerprint density at radius 3 is 2.55 bits per heavy atom. The van der Waals surface area contributed by atoms with Crippen molar-refractivity contribution in [2.45, 2.75) is 31.8 Å². The van der Waals surface area contributed by atoms with Gasteiger partial charge >= 0.3 is 0 Å². The summed E-state index contributed by atoms with van der Waals surface area (Å²) in [6.45, 7) is 0.433. The van der Waals surface area contributed by atoms with Crippen LogP contribution < -0.4 is 4.74 Å². The number of nitrogens with one attached hydrogen (secondary N) is 1. The van der Waals surface area contributed by atoms with Crippen LogP contribution >= 0.6 is 0 Å². The quantitative estimate of drug-likeness (QED) is 0.332. The zero-order chi connectivity index (χ0) is 22.3. The Bertz CT molecular complexity index is 1300. The number of hydrogen-bond acceptors (Lipinski definition) is 5. The van der Waals surface area contributed by atoms with Gasteiger partial charge < -0.3 is 4.74 Å². The van der Waals surface area contributed by atoms with E-state index in [1.54, 1.807) is 0 Å². The number of nitrogens with zero attached hydrogens (tertiary/aromatic N) is 4. The van der Waals surface area contributed by atoms with Gasteiger partial charge in [0.25, 0.3) is 0 Å². The Kier molecular flexibility index (Phi) is 6.33. The number of pyridine rings is 1. The summed E-state index contributed by atoms with van der Waals surface area (Å²) in [5.41, 5.74) is 4.43. The van der Waals surface area contributed by atoms with Crippen LogP contribution in [0, 0.1) is 0 Å². The summed E-state index contributed by atoms with van der Waals surface area (Å²) in [6.07, 6.45) is 2.78.